The van der Waals surface area contributed by atoms with E-state index in [9.17, 15) is 4.79 Å². The molecule has 17 heavy (non-hydrogen) atoms. The molecular weight excluding hydrogens is 216 g/mol. The second kappa shape index (κ2) is 4.93. The Balaban J connectivity index is 2.21. The molecule has 0 atom stereocenters. The third-order valence-corrected chi connectivity index (χ3v) is 2.41. The van der Waals surface area contributed by atoms with Gasteiger partial charge >= 0.3 is 0 Å². The number of aryl methyl sites for hydroxylation is 1. The molecule has 4 nitrogen and oxygen atoms in total. The number of rotatable bonds is 4. The number of aromatic nitrogens is 1. The molecule has 0 spiro atoms. The molecule has 4 heteroatoms. The Bertz CT molecular complexity index is 514. The van der Waals surface area contributed by atoms with Gasteiger partial charge in [-0.1, -0.05) is 12.1 Å². The number of carbonyl (C=O) groups is 1. The van der Waals surface area contributed by atoms with Gasteiger partial charge in [-0.25, -0.2) is 4.98 Å². The molecule has 0 saturated carbocycles. The van der Waals surface area contributed by atoms with Crippen molar-refractivity contribution in [3.63, 3.8) is 0 Å². The minimum absolute atomic E-state index is 0.0719. The molecular formula is C13H14N2O2. The van der Waals surface area contributed by atoms with E-state index in [0.29, 0.717) is 18.0 Å². The standard InChI is InChI=1S/C13H14N2O2/c1-9-8-17-13(15-9)11-5-3-10(4-6-11)12(16)7-14-2/h3-6,8,14H,7H2,1-2H3. The number of benzene rings is 1. The Morgan fingerprint density at radius 2 is 2.06 bits per heavy atom. The maximum atomic E-state index is 11.6. The summed E-state index contributed by atoms with van der Waals surface area (Å²) in [6.07, 6.45) is 1.61. The predicted molar refractivity (Wildman–Crippen MR) is 64.9 cm³/mol. The number of hydrogen-bond donors (Lipinski definition) is 1. The van der Waals surface area contributed by atoms with Crippen LogP contribution in [0.15, 0.2) is 34.9 Å². The van der Waals surface area contributed by atoms with Crippen molar-refractivity contribution < 1.29 is 9.21 Å². The first-order valence-corrected chi connectivity index (χ1v) is 5.41. The molecule has 0 aliphatic rings. The van der Waals surface area contributed by atoms with Gasteiger partial charge in [0.25, 0.3) is 0 Å². The maximum absolute atomic E-state index is 11.6. The molecule has 0 bridgehead atoms. The normalized spacial score (nSPS) is 10.5. The van der Waals surface area contributed by atoms with Gasteiger partial charge < -0.3 is 9.73 Å². The van der Waals surface area contributed by atoms with Crippen LogP contribution in [0, 0.1) is 6.92 Å². The minimum atomic E-state index is 0.0719. The molecule has 0 saturated heterocycles. The van der Waals surface area contributed by atoms with Crippen molar-refractivity contribution in [1.29, 1.82) is 0 Å². The average molecular weight is 230 g/mol. The van der Waals surface area contributed by atoms with Crippen molar-refractivity contribution in [1.82, 2.24) is 10.3 Å². The number of hydrogen-bond acceptors (Lipinski definition) is 4. The van der Waals surface area contributed by atoms with Crippen molar-refractivity contribution in [2.24, 2.45) is 0 Å². The second-order valence-electron chi connectivity index (χ2n) is 3.82. The Morgan fingerprint density at radius 3 is 2.59 bits per heavy atom. The van der Waals surface area contributed by atoms with Gasteiger partial charge in [-0.2, -0.15) is 0 Å². The number of nitrogens with zero attached hydrogens (tertiary/aromatic N) is 1. The van der Waals surface area contributed by atoms with E-state index < -0.39 is 0 Å². The monoisotopic (exact) mass is 230 g/mol. The van der Waals surface area contributed by atoms with Crippen LogP contribution in [0.25, 0.3) is 11.5 Å². The molecule has 1 aromatic carbocycles. The lowest BCUT2D eigenvalue weighted by molar-refractivity contribution is 0.0993. The van der Waals surface area contributed by atoms with Crippen molar-refractivity contribution in [3.8, 4) is 11.5 Å². The number of ketones is 1. The van der Waals surface area contributed by atoms with E-state index in [0.717, 1.165) is 11.3 Å². The van der Waals surface area contributed by atoms with Gasteiger partial charge in [0.05, 0.1) is 12.2 Å². The highest BCUT2D eigenvalue weighted by molar-refractivity contribution is 5.97. The summed E-state index contributed by atoms with van der Waals surface area (Å²) in [5.74, 6) is 0.651. The highest BCUT2D eigenvalue weighted by atomic mass is 16.3. The summed E-state index contributed by atoms with van der Waals surface area (Å²) in [6.45, 7) is 2.22. The Morgan fingerprint density at radius 1 is 1.35 bits per heavy atom. The van der Waals surface area contributed by atoms with Gasteiger partial charge in [-0.05, 0) is 26.1 Å². The fourth-order valence-corrected chi connectivity index (χ4v) is 1.55. The van der Waals surface area contributed by atoms with Gasteiger partial charge in [0.15, 0.2) is 5.78 Å². The van der Waals surface area contributed by atoms with Crippen molar-refractivity contribution in [2.45, 2.75) is 6.92 Å². The summed E-state index contributed by atoms with van der Waals surface area (Å²) in [5, 5.41) is 2.84. The summed E-state index contributed by atoms with van der Waals surface area (Å²) >= 11 is 0. The number of nitrogens with one attached hydrogen (secondary N) is 1. The SMILES string of the molecule is CNCC(=O)c1ccc(-c2nc(C)co2)cc1. The van der Waals surface area contributed by atoms with Gasteiger partial charge in [0.1, 0.15) is 6.26 Å². The van der Waals surface area contributed by atoms with E-state index in [2.05, 4.69) is 10.3 Å². The smallest absolute Gasteiger partial charge is 0.226 e. The summed E-state index contributed by atoms with van der Waals surface area (Å²) < 4.78 is 5.29. The van der Waals surface area contributed by atoms with E-state index in [1.807, 2.05) is 19.1 Å². The molecule has 0 fully saturated rings. The maximum Gasteiger partial charge on any atom is 0.226 e. The fraction of sp³-hybridized carbons (Fsp3) is 0.231. The fourth-order valence-electron chi connectivity index (χ4n) is 1.55. The van der Waals surface area contributed by atoms with E-state index in [4.69, 9.17) is 4.42 Å². The Hall–Kier alpha value is -1.94. The number of likely N-dealkylation sites (N-methyl/N-ethyl adjacent to an activating group) is 1. The zero-order valence-corrected chi connectivity index (χ0v) is 9.86. The van der Waals surface area contributed by atoms with Gasteiger partial charge in [0.2, 0.25) is 5.89 Å². The number of carbonyl (C=O) groups excluding carboxylic acids is 1. The van der Waals surface area contributed by atoms with Crippen LogP contribution in [0.2, 0.25) is 0 Å². The first-order valence-electron chi connectivity index (χ1n) is 5.41. The first kappa shape index (κ1) is 11.5. The van der Waals surface area contributed by atoms with Crippen molar-refractivity contribution in [2.75, 3.05) is 13.6 Å². The van der Waals surface area contributed by atoms with Crippen LogP contribution in [0.5, 0.6) is 0 Å². The second-order valence-corrected chi connectivity index (χ2v) is 3.82. The summed E-state index contributed by atoms with van der Waals surface area (Å²) in [4.78, 5) is 15.8. The largest absolute Gasteiger partial charge is 0.444 e. The highest BCUT2D eigenvalue weighted by Gasteiger charge is 2.07. The predicted octanol–water partition coefficient (Wildman–Crippen LogP) is 2.05. The Labute approximate surface area is 99.7 Å². The first-order chi connectivity index (χ1) is 8.20. The molecule has 0 unspecified atom stereocenters. The van der Waals surface area contributed by atoms with Crippen LogP contribution in [0.1, 0.15) is 16.1 Å². The number of oxazole rings is 1. The molecule has 88 valence electrons. The molecule has 1 N–H and O–H groups in total. The van der Waals surface area contributed by atoms with Crippen LogP contribution in [0.4, 0.5) is 0 Å². The molecule has 1 aromatic heterocycles. The molecule has 0 aliphatic heterocycles. The summed E-state index contributed by atoms with van der Waals surface area (Å²) in [6, 6.07) is 7.26. The zero-order chi connectivity index (χ0) is 12.3. The topological polar surface area (TPSA) is 55.1 Å². The molecule has 2 aromatic rings. The lowest BCUT2D eigenvalue weighted by Gasteiger charge is -2.00. The summed E-state index contributed by atoms with van der Waals surface area (Å²) in [7, 11) is 1.75. The molecule has 1 heterocycles. The lowest BCUT2D eigenvalue weighted by atomic mass is 10.1. The average Bonchev–Trinajstić information content (AvgIpc) is 2.76. The molecule has 0 amide bonds. The van der Waals surface area contributed by atoms with Gasteiger partial charge in [-0.3, -0.25) is 4.79 Å². The van der Waals surface area contributed by atoms with Gasteiger partial charge in [0, 0.05) is 11.1 Å². The van der Waals surface area contributed by atoms with E-state index >= 15 is 0 Å². The van der Waals surface area contributed by atoms with Crippen molar-refractivity contribution in [3.05, 3.63) is 41.8 Å². The van der Waals surface area contributed by atoms with Crippen LogP contribution in [-0.4, -0.2) is 24.4 Å². The summed E-state index contributed by atoms with van der Waals surface area (Å²) in [5.41, 5.74) is 2.40. The van der Waals surface area contributed by atoms with Gasteiger partial charge in [-0.15, -0.1) is 0 Å². The third-order valence-electron chi connectivity index (χ3n) is 2.41. The number of Topliss-reactive ketones (excluding diaryl/α,β-unsaturated/α-hetero) is 1. The van der Waals surface area contributed by atoms with E-state index in [1.165, 1.54) is 0 Å². The Kier molecular flexibility index (Phi) is 3.35. The molecule has 0 aliphatic carbocycles. The quantitative estimate of drug-likeness (QED) is 0.817. The van der Waals surface area contributed by atoms with Crippen LogP contribution < -0.4 is 5.32 Å². The van der Waals surface area contributed by atoms with E-state index in [-0.39, 0.29) is 5.78 Å². The minimum Gasteiger partial charge on any atom is -0.444 e. The lowest BCUT2D eigenvalue weighted by Crippen LogP contribution is -2.18. The van der Waals surface area contributed by atoms with Crippen LogP contribution in [0.3, 0.4) is 0 Å². The third kappa shape index (κ3) is 2.60. The van der Waals surface area contributed by atoms with Crippen molar-refractivity contribution >= 4 is 5.78 Å². The zero-order valence-electron chi connectivity index (χ0n) is 9.86. The molecule has 2 rings (SSSR count). The molecule has 0 radical (unpaired) electrons. The van der Waals surface area contributed by atoms with E-state index in [1.54, 1.807) is 25.4 Å². The highest BCUT2D eigenvalue weighted by Crippen LogP contribution is 2.18. The van der Waals surface area contributed by atoms with Crippen LogP contribution in [-0.2, 0) is 0 Å². The van der Waals surface area contributed by atoms with Crippen LogP contribution >= 0.6 is 0 Å².